The van der Waals surface area contributed by atoms with Crippen LogP contribution in [0, 0.1) is 5.92 Å². The lowest BCUT2D eigenvalue weighted by atomic mass is 9.81. The molecule has 4 rings (SSSR count). The molecule has 1 atom stereocenters. The highest BCUT2D eigenvalue weighted by Gasteiger charge is 2.52. The van der Waals surface area contributed by atoms with E-state index in [-0.39, 0.29) is 29.4 Å². The Morgan fingerprint density at radius 1 is 1.04 bits per heavy atom. The molecule has 0 N–H and O–H groups in total. The van der Waals surface area contributed by atoms with Crippen LogP contribution in [0.5, 0.6) is 0 Å². The summed E-state index contributed by atoms with van der Waals surface area (Å²) in [5, 5.41) is 1.50. The molecule has 1 saturated carbocycles. The minimum atomic E-state index is -0.287. The summed E-state index contributed by atoms with van der Waals surface area (Å²) in [6.45, 7) is 3.66. The zero-order chi connectivity index (χ0) is 16.7. The van der Waals surface area contributed by atoms with Gasteiger partial charge in [-0.15, -0.1) is 0 Å². The second-order valence-corrected chi connectivity index (χ2v) is 7.73. The number of hydrogen-bond donors (Lipinski definition) is 0. The summed E-state index contributed by atoms with van der Waals surface area (Å²) in [5.74, 6) is 0.529. The summed E-state index contributed by atoms with van der Waals surface area (Å²) >= 11 is 0. The van der Waals surface area contributed by atoms with E-state index < -0.39 is 0 Å². The molecule has 24 heavy (non-hydrogen) atoms. The molecule has 1 aliphatic carbocycles. The Kier molecular flexibility index (Phi) is 4.26. The zero-order valence-electron chi connectivity index (χ0n) is 14.4. The van der Waals surface area contributed by atoms with Crippen LogP contribution >= 0.6 is 0 Å². The maximum atomic E-state index is 12.6. The van der Waals surface area contributed by atoms with Gasteiger partial charge >= 0.3 is 0 Å². The molecule has 3 heterocycles. The topological polar surface area (TPSA) is 62.3 Å². The minimum Gasteiger partial charge on any atom is -0.368 e. The third-order valence-electron chi connectivity index (χ3n) is 5.87. The first-order valence-corrected chi connectivity index (χ1v) is 9.15. The van der Waals surface area contributed by atoms with Crippen molar-refractivity contribution in [3.63, 3.8) is 0 Å². The van der Waals surface area contributed by atoms with Crippen LogP contribution in [0.15, 0.2) is 0 Å². The molecule has 4 aliphatic rings. The first kappa shape index (κ1) is 16.3. The lowest BCUT2D eigenvalue weighted by molar-refractivity contribution is -0.225. The number of nitrogens with zero attached hydrogens (tertiary/aromatic N) is 3. The zero-order valence-corrected chi connectivity index (χ0v) is 14.4. The van der Waals surface area contributed by atoms with Crippen LogP contribution in [0.2, 0.25) is 0 Å². The lowest BCUT2D eigenvalue weighted by Crippen LogP contribution is -2.73. The van der Waals surface area contributed by atoms with Crippen LogP contribution in [0.1, 0.15) is 32.1 Å². The number of hydrogen-bond acceptors (Lipinski definition) is 5. The van der Waals surface area contributed by atoms with Gasteiger partial charge in [0.15, 0.2) is 0 Å². The predicted molar refractivity (Wildman–Crippen MR) is 85.9 cm³/mol. The van der Waals surface area contributed by atoms with E-state index in [4.69, 9.17) is 9.57 Å². The number of carbonyl (C=O) groups excluding carboxylic acids is 2. The summed E-state index contributed by atoms with van der Waals surface area (Å²) in [7, 11) is 1.97. The van der Waals surface area contributed by atoms with Gasteiger partial charge in [-0.1, -0.05) is 6.42 Å². The van der Waals surface area contributed by atoms with E-state index in [1.807, 2.05) is 11.9 Å². The van der Waals surface area contributed by atoms with Gasteiger partial charge in [0, 0.05) is 19.0 Å². The van der Waals surface area contributed by atoms with E-state index in [9.17, 15) is 9.59 Å². The van der Waals surface area contributed by atoms with Crippen molar-refractivity contribution in [3.8, 4) is 0 Å². The second-order valence-electron chi connectivity index (χ2n) is 7.73. The number of morpholine rings is 1. The molecule has 0 aromatic carbocycles. The third kappa shape index (κ3) is 2.82. The molecule has 0 unspecified atom stereocenters. The van der Waals surface area contributed by atoms with E-state index in [1.54, 1.807) is 0 Å². The van der Waals surface area contributed by atoms with Crippen molar-refractivity contribution in [2.75, 3.05) is 46.4 Å². The molecule has 0 bridgehead atoms. The van der Waals surface area contributed by atoms with Crippen molar-refractivity contribution in [2.24, 2.45) is 5.92 Å². The van der Waals surface area contributed by atoms with Crippen molar-refractivity contribution < 1.29 is 19.2 Å². The SMILES string of the molecule is CN1CC2(CN(C(=O)C3CCC3)C2)OC[C@@H]1C(=O)N1CCCCO1. The number of likely N-dealkylation sites (tertiary alicyclic amines) is 1. The molecule has 2 amide bonds. The van der Waals surface area contributed by atoms with Crippen molar-refractivity contribution >= 4 is 11.8 Å². The first-order valence-electron chi connectivity index (χ1n) is 9.15. The Labute approximate surface area is 142 Å². The predicted octanol–water partition coefficient (Wildman–Crippen LogP) is 0.252. The smallest absolute Gasteiger partial charge is 0.265 e. The van der Waals surface area contributed by atoms with E-state index in [2.05, 4.69) is 4.90 Å². The van der Waals surface area contributed by atoms with Gasteiger partial charge in [-0.05, 0) is 32.7 Å². The lowest BCUT2D eigenvalue weighted by Gasteiger charge is -2.55. The molecule has 3 aliphatic heterocycles. The Morgan fingerprint density at radius 2 is 1.83 bits per heavy atom. The summed E-state index contributed by atoms with van der Waals surface area (Å²) in [5.41, 5.74) is -0.284. The number of hydroxylamine groups is 2. The average molecular weight is 337 g/mol. The highest BCUT2D eigenvalue weighted by atomic mass is 16.7. The summed E-state index contributed by atoms with van der Waals surface area (Å²) in [6.07, 6.45) is 5.25. The monoisotopic (exact) mass is 337 g/mol. The summed E-state index contributed by atoms with van der Waals surface area (Å²) in [6, 6.07) is -0.287. The van der Waals surface area contributed by atoms with Crippen LogP contribution < -0.4 is 0 Å². The molecule has 0 radical (unpaired) electrons. The van der Waals surface area contributed by atoms with Crippen LogP contribution in [0.4, 0.5) is 0 Å². The van der Waals surface area contributed by atoms with Crippen LogP contribution in [-0.4, -0.2) is 84.8 Å². The van der Waals surface area contributed by atoms with Crippen LogP contribution in [0.25, 0.3) is 0 Å². The molecule has 7 nitrogen and oxygen atoms in total. The number of likely N-dealkylation sites (N-methyl/N-ethyl adjacent to an activating group) is 1. The van der Waals surface area contributed by atoms with Crippen molar-refractivity contribution in [1.29, 1.82) is 0 Å². The molecule has 4 fully saturated rings. The van der Waals surface area contributed by atoms with Crippen LogP contribution in [-0.2, 0) is 19.2 Å². The van der Waals surface area contributed by atoms with Crippen LogP contribution in [0.3, 0.4) is 0 Å². The number of rotatable bonds is 2. The number of ether oxygens (including phenoxy) is 1. The second kappa shape index (κ2) is 6.28. The fourth-order valence-corrected chi connectivity index (χ4v) is 4.10. The Hall–Kier alpha value is -1.18. The fraction of sp³-hybridized carbons (Fsp3) is 0.882. The van der Waals surface area contributed by atoms with Gasteiger partial charge in [0.2, 0.25) is 5.91 Å². The third-order valence-corrected chi connectivity index (χ3v) is 5.87. The number of amides is 2. The molecular formula is C17H27N3O4. The summed E-state index contributed by atoms with van der Waals surface area (Å²) in [4.78, 5) is 34.3. The van der Waals surface area contributed by atoms with Crippen molar-refractivity contribution in [3.05, 3.63) is 0 Å². The Balaban J connectivity index is 1.30. The van der Waals surface area contributed by atoms with Gasteiger partial charge in [-0.3, -0.25) is 19.3 Å². The van der Waals surface area contributed by atoms with Gasteiger partial charge in [0.05, 0.1) is 26.3 Å². The number of carbonyl (C=O) groups is 2. The van der Waals surface area contributed by atoms with E-state index in [0.29, 0.717) is 39.4 Å². The van der Waals surface area contributed by atoms with Gasteiger partial charge in [-0.2, -0.15) is 0 Å². The van der Waals surface area contributed by atoms with Gasteiger partial charge in [-0.25, -0.2) is 5.06 Å². The highest BCUT2D eigenvalue weighted by molar-refractivity contribution is 5.82. The standard InChI is InChI=1S/C17H27N3O4/c1-18-10-17(11-19(12-17)15(21)13-5-4-6-13)23-9-14(18)16(22)20-7-2-3-8-24-20/h13-14H,2-12H2,1H3/t14-/m1/s1. The van der Waals surface area contributed by atoms with Gasteiger partial charge < -0.3 is 9.64 Å². The normalized spacial score (nSPS) is 30.8. The summed E-state index contributed by atoms with van der Waals surface area (Å²) < 4.78 is 6.07. The first-order chi connectivity index (χ1) is 11.6. The molecule has 0 aromatic heterocycles. The van der Waals surface area contributed by atoms with Crippen molar-refractivity contribution in [1.82, 2.24) is 14.9 Å². The molecule has 0 aromatic rings. The largest absolute Gasteiger partial charge is 0.368 e. The van der Waals surface area contributed by atoms with E-state index >= 15 is 0 Å². The molecule has 3 saturated heterocycles. The Bertz CT molecular complexity index is 510. The highest BCUT2D eigenvalue weighted by Crippen LogP contribution is 2.35. The quantitative estimate of drug-likeness (QED) is 0.723. The Morgan fingerprint density at radius 3 is 2.42 bits per heavy atom. The fourth-order valence-electron chi connectivity index (χ4n) is 4.10. The van der Waals surface area contributed by atoms with E-state index in [1.165, 1.54) is 11.5 Å². The van der Waals surface area contributed by atoms with Gasteiger partial charge in [0.1, 0.15) is 11.6 Å². The molecule has 7 heteroatoms. The minimum absolute atomic E-state index is 0.00576. The maximum Gasteiger partial charge on any atom is 0.265 e. The molecule has 134 valence electrons. The van der Waals surface area contributed by atoms with E-state index in [0.717, 1.165) is 25.7 Å². The molecule has 1 spiro atoms. The molecular weight excluding hydrogens is 310 g/mol. The maximum absolute atomic E-state index is 12.6. The van der Waals surface area contributed by atoms with Gasteiger partial charge in [0.25, 0.3) is 5.91 Å². The van der Waals surface area contributed by atoms with Crippen molar-refractivity contribution in [2.45, 2.75) is 43.7 Å². The average Bonchev–Trinajstić information content (AvgIpc) is 2.51.